The van der Waals surface area contributed by atoms with Gasteiger partial charge in [-0.1, -0.05) is 12.1 Å². The van der Waals surface area contributed by atoms with E-state index in [-0.39, 0.29) is 0 Å². The molecule has 2 aromatic rings. The van der Waals surface area contributed by atoms with Crippen LogP contribution in [0.2, 0.25) is 0 Å². The standard InChI is InChI=1S/C13H15N2O/c1-9-13(10(2)15-14-9)8-11-4-6-12(16-3)7-5-11/h4-7H,1,8H2,2-3H3,(H,14,15). The van der Waals surface area contributed by atoms with Gasteiger partial charge in [-0.3, -0.25) is 5.10 Å². The fraction of sp³-hybridized carbons (Fsp3) is 0.231. The molecule has 0 amide bonds. The molecule has 3 nitrogen and oxygen atoms in total. The van der Waals surface area contributed by atoms with Crippen molar-refractivity contribution in [3.63, 3.8) is 0 Å². The van der Waals surface area contributed by atoms with E-state index in [9.17, 15) is 0 Å². The number of hydrogen-bond acceptors (Lipinski definition) is 2. The van der Waals surface area contributed by atoms with Gasteiger partial charge in [0.1, 0.15) is 5.75 Å². The summed E-state index contributed by atoms with van der Waals surface area (Å²) in [5.74, 6) is 0.877. The Morgan fingerprint density at radius 3 is 2.50 bits per heavy atom. The molecule has 1 heterocycles. The van der Waals surface area contributed by atoms with Gasteiger partial charge in [0.2, 0.25) is 0 Å². The largest absolute Gasteiger partial charge is 0.497 e. The Hall–Kier alpha value is -1.77. The maximum atomic E-state index is 5.12. The molecule has 3 heteroatoms. The van der Waals surface area contributed by atoms with Crippen LogP contribution in [-0.2, 0) is 6.42 Å². The fourth-order valence-electron chi connectivity index (χ4n) is 1.68. The Labute approximate surface area is 95.5 Å². The molecule has 0 saturated carbocycles. The Kier molecular flexibility index (Phi) is 2.95. The van der Waals surface area contributed by atoms with Crippen molar-refractivity contribution < 1.29 is 4.74 Å². The molecule has 0 atom stereocenters. The van der Waals surface area contributed by atoms with Gasteiger partial charge in [0.15, 0.2) is 0 Å². The third-order valence-corrected chi connectivity index (χ3v) is 2.70. The summed E-state index contributed by atoms with van der Waals surface area (Å²) in [4.78, 5) is 0. The molecule has 0 aliphatic rings. The van der Waals surface area contributed by atoms with Crippen molar-refractivity contribution in [2.75, 3.05) is 7.11 Å². The summed E-state index contributed by atoms with van der Waals surface area (Å²) in [5.41, 5.74) is 4.31. The lowest BCUT2D eigenvalue weighted by atomic mass is 10.0. The first kappa shape index (κ1) is 10.7. The van der Waals surface area contributed by atoms with Crippen LogP contribution in [-0.4, -0.2) is 17.3 Å². The molecule has 0 aliphatic carbocycles. The van der Waals surface area contributed by atoms with Crippen LogP contribution < -0.4 is 4.74 Å². The number of ether oxygens (including phenoxy) is 1. The molecule has 0 saturated heterocycles. The predicted molar refractivity (Wildman–Crippen MR) is 63.6 cm³/mol. The van der Waals surface area contributed by atoms with E-state index >= 15 is 0 Å². The minimum absolute atomic E-state index is 0.827. The van der Waals surface area contributed by atoms with Crippen LogP contribution in [0.4, 0.5) is 0 Å². The molecule has 83 valence electrons. The lowest BCUT2D eigenvalue weighted by molar-refractivity contribution is 0.414. The molecule has 0 unspecified atom stereocenters. The van der Waals surface area contributed by atoms with Crippen molar-refractivity contribution in [3.8, 4) is 5.75 Å². The van der Waals surface area contributed by atoms with Crippen molar-refractivity contribution >= 4 is 0 Å². The molecule has 1 N–H and O–H groups in total. The SMILES string of the molecule is [CH2]c1n[nH]c(C)c1Cc1ccc(OC)cc1. The summed E-state index contributed by atoms with van der Waals surface area (Å²) in [6.07, 6.45) is 0.852. The van der Waals surface area contributed by atoms with Gasteiger partial charge in [-0.2, -0.15) is 5.10 Å². The van der Waals surface area contributed by atoms with E-state index in [4.69, 9.17) is 4.74 Å². The van der Waals surface area contributed by atoms with Gasteiger partial charge in [0, 0.05) is 17.7 Å². The van der Waals surface area contributed by atoms with Crippen LogP contribution in [0.25, 0.3) is 0 Å². The van der Waals surface area contributed by atoms with Gasteiger partial charge in [-0.15, -0.1) is 0 Å². The monoisotopic (exact) mass is 215 g/mol. The highest BCUT2D eigenvalue weighted by atomic mass is 16.5. The molecule has 1 aromatic heterocycles. The van der Waals surface area contributed by atoms with E-state index in [1.807, 2.05) is 19.1 Å². The molecule has 0 spiro atoms. The van der Waals surface area contributed by atoms with Gasteiger partial charge >= 0.3 is 0 Å². The number of aryl methyl sites for hydroxylation is 1. The summed E-state index contributed by atoms with van der Waals surface area (Å²) < 4.78 is 5.12. The topological polar surface area (TPSA) is 37.9 Å². The molecule has 0 aliphatic heterocycles. The smallest absolute Gasteiger partial charge is 0.118 e. The van der Waals surface area contributed by atoms with Crippen LogP contribution >= 0.6 is 0 Å². The molecule has 1 aromatic carbocycles. The Balaban J connectivity index is 2.20. The third-order valence-electron chi connectivity index (χ3n) is 2.70. The first-order chi connectivity index (χ1) is 7.70. The number of nitrogens with one attached hydrogen (secondary N) is 1. The van der Waals surface area contributed by atoms with Gasteiger partial charge in [-0.25, -0.2) is 0 Å². The third kappa shape index (κ3) is 2.08. The number of aromatic nitrogens is 2. The Morgan fingerprint density at radius 2 is 2.00 bits per heavy atom. The van der Waals surface area contributed by atoms with Crippen LogP contribution in [0.5, 0.6) is 5.75 Å². The number of methoxy groups -OCH3 is 1. The van der Waals surface area contributed by atoms with E-state index in [1.54, 1.807) is 7.11 Å². The normalized spacial score (nSPS) is 10.4. The van der Waals surface area contributed by atoms with Gasteiger partial charge in [-0.05, 0) is 31.5 Å². The number of H-pyrrole nitrogens is 1. The highest BCUT2D eigenvalue weighted by molar-refractivity contribution is 5.35. The first-order valence-electron chi connectivity index (χ1n) is 5.19. The lowest BCUT2D eigenvalue weighted by Gasteiger charge is -2.03. The summed E-state index contributed by atoms with van der Waals surface area (Å²) in [6, 6.07) is 8.05. The Morgan fingerprint density at radius 1 is 1.31 bits per heavy atom. The second-order valence-electron chi connectivity index (χ2n) is 3.80. The molecular weight excluding hydrogens is 200 g/mol. The average Bonchev–Trinajstić information content (AvgIpc) is 2.62. The van der Waals surface area contributed by atoms with Crippen LogP contribution in [0.1, 0.15) is 22.5 Å². The van der Waals surface area contributed by atoms with Gasteiger partial charge in [0.05, 0.1) is 12.8 Å². The summed E-state index contributed by atoms with van der Waals surface area (Å²) in [6.45, 7) is 5.92. The highest BCUT2D eigenvalue weighted by Crippen LogP contribution is 2.17. The first-order valence-corrected chi connectivity index (χ1v) is 5.19. The second-order valence-corrected chi connectivity index (χ2v) is 3.80. The van der Waals surface area contributed by atoms with E-state index in [1.165, 1.54) is 11.1 Å². The highest BCUT2D eigenvalue weighted by Gasteiger charge is 2.06. The maximum absolute atomic E-state index is 5.12. The van der Waals surface area contributed by atoms with E-state index in [2.05, 4.69) is 29.3 Å². The van der Waals surface area contributed by atoms with Gasteiger partial charge in [0.25, 0.3) is 0 Å². The summed E-state index contributed by atoms with van der Waals surface area (Å²) in [5, 5.41) is 7.03. The van der Waals surface area contributed by atoms with Crippen molar-refractivity contribution in [3.05, 3.63) is 53.7 Å². The second kappa shape index (κ2) is 4.39. The summed E-state index contributed by atoms with van der Waals surface area (Å²) in [7, 11) is 1.67. The van der Waals surface area contributed by atoms with E-state index < -0.39 is 0 Å². The quantitative estimate of drug-likeness (QED) is 0.854. The number of hydrogen-bond donors (Lipinski definition) is 1. The lowest BCUT2D eigenvalue weighted by Crippen LogP contribution is -1.92. The van der Waals surface area contributed by atoms with E-state index in [0.717, 1.165) is 23.6 Å². The molecule has 2 rings (SSSR count). The van der Waals surface area contributed by atoms with Crippen LogP contribution in [0.15, 0.2) is 24.3 Å². The van der Waals surface area contributed by atoms with Crippen molar-refractivity contribution in [2.45, 2.75) is 13.3 Å². The zero-order valence-electron chi connectivity index (χ0n) is 9.58. The molecular formula is C13H15N2O. The number of nitrogens with zero attached hydrogens (tertiary/aromatic N) is 1. The van der Waals surface area contributed by atoms with Gasteiger partial charge < -0.3 is 4.74 Å². The summed E-state index contributed by atoms with van der Waals surface area (Å²) >= 11 is 0. The molecule has 0 fully saturated rings. The van der Waals surface area contributed by atoms with Crippen molar-refractivity contribution in [1.82, 2.24) is 10.2 Å². The van der Waals surface area contributed by atoms with Crippen LogP contribution in [0, 0.1) is 13.8 Å². The van der Waals surface area contributed by atoms with Crippen molar-refractivity contribution in [1.29, 1.82) is 0 Å². The minimum Gasteiger partial charge on any atom is -0.497 e. The number of benzene rings is 1. The predicted octanol–water partition coefficient (Wildman–Crippen LogP) is 2.50. The zero-order chi connectivity index (χ0) is 11.5. The Bertz CT molecular complexity index is 452. The molecule has 0 bridgehead atoms. The molecule has 1 radical (unpaired) electrons. The maximum Gasteiger partial charge on any atom is 0.118 e. The fourth-order valence-corrected chi connectivity index (χ4v) is 1.68. The zero-order valence-corrected chi connectivity index (χ0v) is 9.58. The van der Waals surface area contributed by atoms with Crippen molar-refractivity contribution in [2.24, 2.45) is 0 Å². The van der Waals surface area contributed by atoms with Crippen LogP contribution in [0.3, 0.4) is 0 Å². The number of rotatable bonds is 3. The molecule has 16 heavy (non-hydrogen) atoms. The average molecular weight is 215 g/mol. The van der Waals surface area contributed by atoms with E-state index in [0.29, 0.717) is 0 Å². The number of aromatic amines is 1. The minimum atomic E-state index is 0.827.